The minimum Gasteiger partial charge on any atom is -0.307 e. The van der Waals surface area contributed by atoms with Gasteiger partial charge in [0.15, 0.2) is 9.84 Å². The van der Waals surface area contributed by atoms with Gasteiger partial charge in [-0.2, -0.15) is 0 Å². The fraction of sp³-hybridized carbons (Fsp3) is 0.538. The van der Waals surface area contributed by atoms with E-state index in [-0.39, 0.29) is 23.6 Å². The molecule has 1 N–H and O–H groups in total. The van der Waals surface area contributed by atoms with Crippen LogP contribution in [0.25, 0.3) is 0 Å². The summed E-state index contributed by atoms with van der Waals surface area (Å²) in [6, 6.07) is 8.13. The van der Waals surface area contributed by atoms with E-state index in [0.717, 1.165) is 10.0 Å². The van der Waals surface area contributed by atoms with Gasteiger partial charge in [0.1, 0.15) is 0 Å². The number of halogens is 1. The summed E-state index contributed by atoms with van der Waals surface area (Å²) in [7, 11) is -2.92. The van der Waals surface area contributed by atoms with Gasteiger partial charge in [-0.05, 0) is 31.5 Å². The Labute approximate surface area is 118 Å². The lowest BCUT2D eigenvalue weighted by molar-refractivity contribution is 0.500. The minimum absolute atomic E-state index is 0.0476. The summed E-state index contributed by atoms with van der Waals surface area (Å²) in [6.07, 6.45) is 0. The van der Waals surface area contributed by atoms with Gasteiger partial charge < -0.3 is 5.32 Å². The first-order valence-electron chi connectivity index (χ1n) is 6.06. The molecule has 0 heterocycles. The molecule has 0 aliphatic heterocycles. The molecule has 102 valence electrons. The Morgan fingerprint density at radius 3 is 2.28 bits per heavy atom. The van der Waals surface area contributed by atoms with Crippen LogP contribution in [0.15, 0.2) is 28.7 Å². The Balaban J connectivity index is 2.59. The van der Waals surface area contributed by atoms with E-state index in [1.165, 1.54) is 0 Å². The van der Waals surface area contributed by atoms with Gasteiger partial charge in [0.2, 0.25) is 0 Å². The van der Waals surface area contributed by atoms with E-state index in [4.69, 9.17) is 0 Å². The fourth-order valence-corrected chi connectivity index (χ4v) is 3.18. The molecule has 0 aromatic heterocycles. The third-order valence-corrected chi connectivity index (χ3v) is 5.26. The molecule has 3 nitrogen and oxygen atoms in total. The van der Waals surface area contributed by atoms with Crippen molar-refractivity contribution in [2.45, 2.75) is 32.9 Å². The van der Waals surface area contributed by atoms with E-state index < -0.39 is 9.84 Å². The molecule has 0 saturated carbocycles. The van der Waals surface area contributed by atoms with Crippen LogP contribution in [-0.4, -0.2) is 26.0 Å². The van der Waals surface area contributed by atoms with Gasteiger partial charge in [0.25, 0.3) is 0 Å². The first-order chi connectivity index (χ1) is 8.34. The molecule has 5 heteroatoms. The first kappa shape index (κ1) is 15.7. The second-order valence-corrected chi connectivity index (χ2v) is 7.85. The second kappa shape index (κ2) is 6.68. The zero-order valence-electron chi connectivity index (χ0n) is 11.0. The molecule has 0 radical (unpaired) electrons. The van der Waals surface area contributed by atoms with E-state index >= 15 is 0 Å². The van der Waals surface area contributed by atoms with Crippen LogP contribution in [0.1, 0.15) is 32.4 Å². The highest BCUT2D eigenvalue weighted by Gasteiger charge is 2.16. The van der Waals surface area contributed by atoms with Gasteiger partial charge in [-0.3, -0.25) is 0 Å². The molecule has 0 aliphatic carbocycles. The van der Waals surface area contributed by atoms with Crippen molar-refractivity contribution in [1.82, 2.24) is 5.32 Å². The van der Waals surface area contributed by atoms with Crippen LogP contribution >= 0.6 is 15.9 Å². The van der Waals surface area contributed by atoms with Gasteiger partial charge in [-0.25, -0.2) is 8.42 Å². The smallest absolute Gasteiger partial charge is 0.151 e. The Hall–Kier alpha value is -0.390. The second-order valence-electron chi connectivity index (χ2n) is 4.54. The molecule has 1 aromatic carbocycles. The molecule has 2 atom stereocenters. The Morgan fingerprint density at radius 2 is 1.78 bits per heavy atom. The molecule has 1 aromatic rings. The van der Waals surface area contributed by atoms with Crippen molar-refractivity contribution >= 4 is 25.8 Å². The summed E-state index contributed by atoms with van der Waals surface area (Å²) in [5, 5.41) is 3.31. The highest BCUT2D eigenvalue weighted by Crippen LogP contribution is 2.17. The number of hydrogen-bond acceptors (Lipinski definition) is 3. The van der Waals surface area contributed by atoms with E-state index in [9.17, 15) is 8.42 Å². The molecule has 18 heavy (non-hydrogen) atoms. The zero-order chi connectivity index (χ0) is 13.8. The minimum atomic E-state index is -2.92. The Morgan fingerprint density at radius 1 is 1.22 bits per heavy atom. The van der Waals surface area contributed by atoms with E-state index in [1.54, 1.807) is 6.92 Å². The summed E-state index contributed by atoms with van der Waals surface area (Å²) in [5.74, 6) is 0.385. The molecule has 0 saturated heterocycles. The highest BCUT2D eigenvalue weighted by atomic mass is 79.9. The lowest BCUT2D eigenvalue weighted by Crippen LogP contribution is -2.35. The standard InChI is InChI=1S/C13H20BrNO2S/c1-4-18(16,17)9-10(2)15-11(3)12-5-7-13(14)8-6-12/h5-8,10-11,15H,4,9H2,1-3H3/t10?,11-/m0/s1. The van der Waals surface area contributed by atoms with Crippen molar-refractivity contribution in [3.8, 4) is 0 Å². The number of hydrogen-bond donors (Lipinski definition) is 1. The van der Waals surface area contributed by atoms with Gasteiger partial charge in [-0.15, -0.1) is 0 Å². The number of nitrogens with one attached hydrogen (secondary N) is 1. The molecule has 0 aliphatic rings. The zero-order valence-corrected chi connectivity index (χ0v) is 13.4. The van der Waals surface area contributed by atoms with Gasteiger partial charge >= 0.3 is 0 Å². The van der Waals surface area contributed by atoms with Crippen molar-refractivity contribution in [3.05, 3.63) is 34.3 Å². The third kappa shape index (κ3) is 5.08. The van der Waals surface area contributed by atoms with Crippen LogP contribution in [0, 0.1) is 0 Å². The summed E-state index contributed by atoms with van der Waals surface area (Å²) in [5.41, 5.74) is 1.15. The van der Waals surface area contributed by atoms with E-state index in [2.05, 4.69) is 21.2 Å². The van der Waals surface area contributed by atoms with Gasteiger partial charge in [-0.1, -0.05) is 35.0 Å². The highest BCUT2D eigenvalue weighted by molar-refractivity contribution is 9.10. The maximum Gasteiger partial charge on any atom is 0.151 e. The first-order valence-corrected chi connectivity index (χ1v) is 8.67. The predicted molar refractivity (Wildman–Crippen MR) is 79.5 cm³/mol. The van der Waals surface area contributed by atoms with Gasteiger partial charge in [0.05, 0.1) is 5.75 Å². The molecule has 0 amide bonds. The van der Waals surface area contributed by atoms with Crippen molar-refractivity contribution < 1.29 is 8.42 Å². The van der Waals surface area contributed by atoms with E-state index in [1.807, 2.05) is 38.1 Å². The average Bonchev–Trinajstić information content (AvgIpc) is 2.29. The molecular formula is C13H20BrNO2S. The summed E-state index contributed by atoms with van der Waals surface area (Å²) in [6.45, 7) is 5.63. The molecule has 0 bridgehead atoms. The fourth-order valence-electron chi connectivity index (χ4n) is 1.82. The van der Waals surface area contributed by atoms with Crippen molar-refractivity contribution in [2.75, 3.05) is 11.5 Å². The quantitative estimate of drug-likeness (QED) is 0.870. The molecule has 0 spiro atoms. The van der Waals surface area contributed by atoms with Crippen molar-refractivity contribution in [1.29, 1.82) is 0 Å². The molecule has 1 rings (SSSR count). The molecule has 0 fully saturated rings. The normalized spacial score (nSPS) is 15.3. The lowest BCUT2D eigenvalue weighted by atomic mass is 10.1. The third-order valence-electron chi connectivity index (χ3n) is 2.85. The SMILES string of the molecule is CCS(=O)(=O)CC(C)N[C@@H](C)c1ccc(Br)cc1. The predicted octanol–water partition coefficient (Wildman–Crippen LogP) is 2.92. The van der Waals surface area contributed by atoms with Crippen LogP contribution in [0.2, 0.25) is 0 Å². The van der Waals surface area contributed by atoms with Crippen molar-refractivity contribution in [3.63, 3.8) is 0 Å². The van der Waals surface area contributed by atoms with Crippen LogP contribution in [0.3, 0.4) is 0 Å². The van der Waals surface area contributed by atoms with Crippen LogP contribution in [0.4, 0.5) is 0 Å². The Bertz CT molecular complexity index is 470. The Kier molecular flexibility index (Phi) is 5.82. The number of sulfone groups is 1. The largest absolute Gasteiger partial charge is 0.307 e. The van der Waals surface area contributed by atoms with E-state index in [0.29, 0.717) is 0 Å². The van der Waals surface area contributed by atoms with Crippen LogP contribution in [0.5, 0.6) is 0 Å². The summed E-state index contributed by atoms with van der Waals surface area (Å²) >= 11 is 3.39. The van der Waals surface area contributed by atoms with Crippen LogP contribution < -0.4 is 5.32 Å². The lowest BCUT2D eigenvalue weighted by Gasteiger charge is -2.20. The van der Waals surface area contributed by atoms with Gasteiger partial charge in [0, 0.05) is 22.3 Å². The average molecular weight is 334 g/mol. The summed E-state index contributed by atoms with van der Waals surface area (Å²) < 4.78 is 24.1. The number of rotatable bonds is 6. The van der Waals surface area contributed by atoms with Crippen molar-refractivity contribution in [2.24, 2.45) is 0 Å². The molecular weight excluding hydrogens is 314 g/mol. The summed E-state index contributed by atoms with van der Waals surface area (Å²) in [4.78, 5) is 0. The maximum absolute atomic E-state index is 11.5. The number of benzene rings is 1. The van der Waals surface area contributed by atoms with Crippen LogP contribution in [-0.2, 0) is 9.84 Å². The maximum atomic E-state index is 11.5. The topological polar surface area (TPSA) is 46.2 Å². The molecule has 1 unspecified atom stereocenters. The monoisotopic (exact) mass is 333 g/mol.